The molecular weight excluding hydrogens is 271 g/mol. The maximum Gasteiger partial charge on any atom is 0.231 e. The molecule has 0 spiro atoms. The van der Waals surface area contributed by atoms with Gasteiger partial charge in [-0.2, -0.15) is 0 Å². The Morgan fingerprint density at radius 1 is 1.14 bits per heavy atom. The van der Waals surface area contributed by atoms with Crippen LogP contribution in [-0.2, 0) is 0 Å². The first-order chi connectivity index (χ1) is 10.2. The molecule has 21 heavy (non-hydrogen) atoms. The molecule has 0 radical (unpaired) electrons. The van der Waals surface area contributed by atoms with Crippen molar-refractivity contribution in [3.05, 3.63) is 47.8 Å². The van der Waals surface area contributed by atoms with Crippen molar-refractivity contribution in [3.8, 4) is 23.0 Å². The van der Waals surface area contributed by atoms with Crippen molar-refractivity contribution in [2.45, 2.75) is 26.2 Å². The van der Waals surface area contributed by atoms with Crippen LogP contribution in [0.2, 0.25) is 0 Å². The smallest absolute Gasteiger partial charge is 0.231 e. The van der Waals surface area contributed by atoms with Crippen molar-refractivity contribution in [1.82, 2.24) is 0 Å². The number of rotatable bonds is 4. The van der Waals surface area contributed by atoms with Crippen LogP contribution in [0.25, 0.3) is 0 Å². The van der Waals surface area contributed by atoms with Gasteiger partial charge in [0, 0.05) is 6.07 Å². The Kier molecular flexibility index (Phi) is 3.69. The van der Waals surface area contributed by atoms with E-state index in [1.807, 2.05) is 6.07 Å². The van der Waals surface area contributed by atoms with Gasteiger partial charge in [0.1, 0.15) is 5.75 Å². The van der Waals surface area contributed by atoms with E-state index in [1.165, 1.54) is 6.07 Å². The minimum Gasteiger partial charge on any atom is -0.454 e. The third-order valence-corrected chi connectivity index (χ3v) is 3.71. The van der Waals surface area contributed by atoms with Crippen LogP contribution in [0.15, 0.2) is 36.4 Å². The lowest BCUT2D eigenvalue weighted by molar-refractivity contribution is 0.174. The van der Waals surface area contributed by atoms with Crippen LogP contribution in [0.4, 0.5) is 4.39 Å². The van der Waals surface area contributed by atoms with E-state index in [1.54, 1.807) is 24.3 Å². The Morgan fingerprint density at radius 2 is 1.95 bits per heavy atom. The van der Waals surface area contributed by atoms with E-state index in [4.69, 9.17) is 14.2 Å². The largest absolute Gasteiger partial charge is 0.454 e. The van der Waals surface area contributed by atoms with E-state index in [0.29, 0.717) is 23.2 Å². The van der Waals surface area contributed by atoms with Gasteiger partial charge in [-0.15, -0.1) is 0 Å². The predicted octanol–water partition coefficient (Wildman–Crippen LogP) is 4.86. The third-order valence-electron chi connectivity index (χ3n) is 3.71. The molecule has 0 saturated carbocycles. The number of hydrogen-bond donors (Lipinski definition) is 0. The molecule has 1 unspecified atom stereocenters. The Balaban J connectivity index is 1.81. The lowest BCUT2D eigenvalue weighted by atomic mass is 9.98. The van der Waals surface area contributed by atoms with Gasteiger partial charge < -0.3 is 14.2 Å². The van der Waals surface area contributed by atoms with Crippen LogP contribution in [-0.4, -0.2) is 6.79 Å². The van der Waals surface area contributed by atoms with Gasteiger partial charge in [0.25, 0.3) is 0 Å². The maximum atomic E-state index is 14.1. The Morgan fingerprint density at radius 3 is 2.71 bits per heavy atom. The number of fused-ring (bicyclic) bond motifs is 1. The van der Waals surface area contributed by atoms with Gasteiger partial charge in [-0.05, 0) is 42.2 Å². The normalized spacial score (nSPS) is 14.0. The molecule has 0 amide bonds. The SMILES string of the molecule is CCC(C)c1ccc(Oc2ccc3c(c2)OCO3)c(F)c1. The molecule has 4 heteroatoms. The minimum absolute atomic E-state index is 0.205. The molecule has 0 saturated heterocycles. The summed E-state index contributed by atoms with van der Waals surface area (Å²) in [6.45, 7) is 4.36. The first-order valence-electron chi connectivity index (χ1n) is 7.04. The van der Waals surface area contributed by atoms with E-state index < -0.39 is 0 Å². The van der Waals surface area contributed by atoms with Crippen molar-refractivity contribution in [2.24, 2.45) is 0 Å². The van der Waals surface area contributed by atoms with Crippen LogP contribution < -0.4 is 14.2 Å². The van der Waals surface area contributed by atoms with Gasteiger partial charge >= 0.3 is 0 Å². The highest BCUT2D eigenvalue weighted by atomic mass is 19.1. The van der Waals surface area contributed by atoms with Crippen molar-refractivity contribution in [3.63, 3.8) is 0 Å². The summed E-state index contributed by atoms with van der Waals surface area (Å²) in [7, 11) is 0. The second kappa shape index (κ2) is 5.64. The van der Waals surface area contributed by atoms with Crippen LogP contribution in [0, 0.1) is 5.82 Å². The molecule has 1 atom stereocenters. The molecule has 0 aliphatic carbocycles. The first kappa shape index (κ1) is 13.7. The zero-order chi connectivity index (χ0) is 14.8. The molecule has 2 aromatic carbocycles. The third kappa shape index (κ3) is 2.79. The molecule has 3 nitrogen and oxygen atoms in total. The zero-order valence-corrected chi connectivity index (χ0v) is 12.1. The lowest BCUT2D eigenvalue weighted by Crippen LogP contribution is -1.95. The van der Waals surface area contributed by atoms with Crippen LogP contribution in [0.3, 0.4) is 0 Å². The summed E-state index contributed by atoms with van der Waals surface area (Å²) in [6.07, 6.45) is 0.974. The van der Waals surface area contributed by atoms with E-state index >= 15 is 0 Å². The Labute approximate surface area is 123 Å². The Bertz CT molecular complexity index is 654. The van der Waals surface area contributed by atoms with Crippen molar-refractivity contribution in [2.75, 3.05) is 6.79 Å². The van der Waals surface area contributed by atoms with E-state index in [2.05, 4.69) is 13.8 Å². The predicted molar refractivity (Wildman–Crippen MR) is 77.7 cm³/mol. The van der Waals surface area contributed by atoms with Crippen molar-refractivity contribution >= 4 is 0 Å². The highest BCUT2D eigenvalue weighted by molar-refractivity contribution is 5.48. The average Bonchev–Trinajstić information content (AvgIpc) is 2.96. The van der Waals surface area contributed by atoms with Gasteiger partial charge in [0.05, 0.1) is 0 Å². The van der Waals surface area contributed by atoms with Gasteiger partial charge in [0.15, 0.2) is 23.1 Å². The fourth-order valence-electron chi connectivity index (χ4n) is 2.21. The number of halogens is 1. The quantitative estimate of drug-likeness (QED) is 0.804. The second-order valence-electron chi connectivity index (χ2n) is 5.12. The second-order valence-corrected chi connectivity index (χ2v) is 5.12. The van der Waals surface area contributed by atoms with Crippen molar-refractivity contribution < 1.29 is 18.6 Å². The molecule has 1 aliphatic rings. The molecular formula is C17H17FO3. The minimum atomic E-state index is -0.356. The molecule has 0 aromatic heterocycles. The van der Waals surface area contributed by atoms with Crippen LogP contribution in [0.1, 0.15) is 31.7 Å². The van der Waals surface area contributed by atoms with E-state index in [-0.39, 0.29) is 18.4 Å². The van der Waals surface area contributed by atoms with Crippen LogP contribution >= 0.6 is 0 Å². The molecule has 3 rings (SSSR count). The molecule has 110 valence electrons. The van der Waals surface area contributed by atoms with E-state index in [9.17, 15) is 4.39 Å². The van der Waals surface area contributed by atoms with Crippen LogP contribution in [0.5, 0.6) is 23.0 Å². The number of ether oxygens (including phenoxy) is 3. The highest BCUT2D eigenvalue weighted by Gasteiger charge is 2.15. The standard InChI is InChI=1S/C17H17FO3/c1-3-11(2)12-4-6-15(14(18)8-12)21-13-5-7-16-17(9-13)20-10-19-16/h4-9,11H,3,10H2,1-2H3. The Hall–Kier alpha value is -2.23. The highest BCUT2D eigenvalue weighted by Crippen LogP contribution is 2.37. The maximum absolute atomic E-state index is 14.1. The summed E-state index contributed by atoms with van der Waals surface area (Å²) < 4.78 is 30.2. The summed E-state index contributed by atoms with van der Waals surface area (Å²) in [5, 5.41) is 0. The van der Waals surface area contributed by atoms with E-state index in [0.717, 1.165) is 12.0 Å². The summed E-state index contributed by atoms with van der Waals surface area (Å²) in [4.78, 5) is 0. The van der Waals surface area contributed by atoms with Crippen molar-refractivity contribution in [1.29, 1.82) is 0 Å². The van der Waals surface area contributed by atoms with Gasteiger partial charge in [-0.25, -0.2) is 4.39 Å². The molecule has 0 N–H and O–H groups in total. The van der Waals surface area contributed by atoms with Gasteiger partial charge in [-0.1, -0.05) is 19.9 Å². The zero-order valence-electron chi connectivity index (χ0n) is 12.1. The molecule has 0 bridgehead atoms. The molecule has 1 heterocycles. The molecule has 2 aromatic rings. The summed E-state index contributed by atoms with van der Waals surface area (Å²) in [6, 6.07) is 10.3. The fraction of sp³-hybridized carbons (Fsp3) is 0.294. The topological polar surface area (TPSA) is 27.7 Å². The molecule has 1 aliphatic heterocycles. The van der Waals surface area contributed by atoms with Gasteiger partial charge in [0.2, 0.25) is 6.79 Å². The number of benzene rings is 2. The average molecular weight is 288 g/mol. The summed E-state index contributed by atoms with van der Waals surface area (Å²) in [5.41, 5.74) is 0.980. The summed E-state index contributed by atoms with van der Waals surface area (Å²) >= 11 is 0. The summed E-state index contributed by atoms with van der Waals surface area (Å²) in [5.74, 6) is 2.00. The van der Waals surface area contributed by atoms with Gasteiger partial charge in [-0.3, -0.25) is 0 Å². The lowest BCUT2D eigenvalue weighted by Gasteiger charge is -2.12. The molecule has 0 fully saturated rings. The monoisotopic (exact) mass is 288 g/mol. The fourth-order valence-corrected chi connectivity index (χ4v) is 2.21. The number of hydrogen-bond acceptors (Lipinski definition) is 3. The first-order valence-corrected chi connectivity index (χ1v) is 7.04.